The average molecular weight is 298 g/mol. The molecule has 5 nitrogen and oxygen atoms in total. The largest absolute Gasteiger partial charge is 0.380 e. The topological polar surface area (TPSA) is 79.4 Å². The summed E-state index contributed by atoms with van der Waals surface area (Å²) in [5.74, 6) is 0.305. The number of hydrogen-bond donors (Lipinski definition) is 2. The Bertz CT molecular complexity index is 763. The van der Waals surface area contributed by atoms with Gasteiger partial charge < -0.3 is 5.73 Å². The van der Waals surface area contributed by atoms with Crippen LogP contribution in [-0.4, -0.2) is 10.2 Å². The fourth-order valence-electron chi connectivity index (χ4n) is 1.87. The Balaban J connectivity index is 1.98. The Kier molecular flexibility index (Phi) is 3.66. The van der Waals surface area contributed by atoms with E-state index in [2.05, 4.69) is 20.4 Å². The monoisotopic (exact) mass is 297 g/mol. The van der Waals surface area contributed by atoms with E-state index in [1.807, 2.05) is 42.5 Å². The summed E-state index contributed by atoms with van der Waals surface area (Å²) in [6, 6.07) is 16.8. The number of nitrogens with two attached hydrogens (primary N) is 1. The fraction of sp³-hybridized carbons (Fsp3) is 0. The third kappa shape index (κ3) is 2.93. The minimum atomic E-state index is 0.305. The zero-order chi connectivity index (χ0) is 14.7. The highest BCUT2D eigenvalue weighted by molar-refractivity contribution is 6.30. The summed E-state index contributed by atoms with van der Waals surface area (Å²) >= 11 is 5.89. The van der Waals surface area contributed by atoms with Crippen LogP contribution in [0.5, 0.6) is 0 Å². The van der Waals surface area contributed by atoms with Gasteiger partial charge in [0.05, 0.1) is 11.4 Å². The van der Waals surface area contributed by atoms with Gasteiger partial charge >= 0.3 is 0 Å². The van der Waals surface area contributed by atoms with Crippen molar-refractivity contribution in [2.24, 2.45) is 10.2 Å². The normalized spacial score (nSPS) is 11.1. The maximum atomic E-state index is 5.89. The number of H-pyrrole nitrogens is 1. The van der Waals surface area contributed by atoms with Crippen LogP contribution in [0.25, 0.3) is 11.3 Å². The standard InChI is InChI=1S/C15H12ClN5/c16-11-8-6-10(7-9-11)13-14(15(17)21-19-13)20-18-12-4-2-1-3-5-12/h1-9H,(H3,17,19,21). The van der Waals surface area contributed by atoms with Crippen molar-refractivity contribution in [3.8, 4) is 11.3 Å². The van der Waals surface area contributed by atoms with Crippen molar-refractivity contribution in [2.45, 2.75) is 0 Å². The van der Waals surface area contributed by atoms with Crippen molar-refractivity contribution in [1.82, 2.24) is 10.2 Å². The Morgan fingerprint density at radius 3 is 2.38 bits per heavy atom. The van der Waals surface area contributed by atoms with Crippen molar-refractivity contribution < 1.29 is 0 Å². The maximum absolute atomic E-state index is 5.89. The first kappa shape index (κ1) is 13.3. The van der Waals surface area contributed by atoms with Crippen LogP contribution < -0.4 is 5.73 Å². The second-order valence-corrected chi connectivity index (χ2v) is 4.81. The molecule has 0 fully saturated rings. The molecule has 0 saturated carbocycles. The van der Waals surface area contributed by atoms with Gasteiger partial charge in [0.2, 0.25) is 0 Å². The molecule has 0 spiro atoms. The quantitative estimate of drug-likeness (QED) is 0.685. The summed E-state index contributed by atoms with van der Waals surface area (Å²) in [5.41, 5.74) is 8.72. The molecule has 0 bridgehead atoms. The zero-order valence-electron chi connectivity index (χ0n) is 11.0. The van der Waals surface area contributed by atoms with E-state index in [1.165, 1.54) is 0 Å². The van der Waals surface area contributed by atoms with E-state index >= 15 is 0 Å². The molecule has 0 aliphatic heterocycles. The highest BCUT2D eigenvalue weighted by atomic mass is 35.5. The molecule has 3 rings (SSSR count). The van der Waals surface area contributed by atoms with E-state index in [0.29, 0.717) is 22.2 Å². The van der Waals surface area contributed by atoms with Crippen LogP contribution in [0.3, 0.4) is 0 Å². The van der Waals surface area contributed by atoms with Gasteiger partial charge in [0.25, 0.3) is 0 Å². The van der Waals surface area contributed by atoms with Gasteiger partial charge in [-0.25, -0.2) is 0 Å². The van der Waals surface area contributed by atoms with Gasteiger partial charge in [0.1, 0.15) is 0 Å². The number of nitrogen functional groups attached to an aromatic ring is 1. The van der Waals surface area contributed by atoms with Gasteiger partial charge in [0, 0.05) is 10.6 Å². The molecule has 21 heavy (non-hydrogen) atoms. The van der Waals surface area contributed by atoms with E-state index in [0.717, 1.165) is 11.3 Å². The van der Waals surface area contributed by atoms with Gasteiger partial charge in [-0.3, -0.25) is 5.10 Å². The lowest BCUT2D eigenvalue weighted by Crippen LogP contribution is -1.83. The van der Waals surface area contributed by atoms with Crippen molar-refractivity contribution in [3.63, 3.8) is 0 Å². The first-order valence-corrected chi connectivity index (χ1v) is 6.68. The number of aromatic amines is 1. The number of nitrogens with zero attached hydrogens (tertiary/aromatic N) is 3. The lowest BCUT2D eigenvalue weighted by molar-refractivity contribution is 1.10. The van der Waals surface area contributed by atoms with Crippen molar-refractivity contribution in [3.05, 3.63) is 59.6 Å². The second-order valence-electron chi connectivity index (χ2n) is 4.37. The molecule has 3 N–H and O–H groups in total. The van der Waals surface area contributed by atoms with Crippen LogP contribution >= 0.6 is 11.6 Å². The van der Waals surface area contributed by atoms with Crippen LogP contribution in [0, 0.1) is 0 Å². The number of halogens is 1. The Morgan fingerprint density at radius 1 is 0.952 bits per heavy atom. The second kappa shape index (κ2) is 5.76. The SMILES string of the molecule is Nc1n[nH]c(-c2ccc(Cl)cc2)c1N=Nc1ccccc1. The van der Waals surface area contributed by atoms with Gasteiger partial charge in [-0.15, -0.1) is 5.11 Å². The molecule has 1 aromatic heterocycles. The third-order valence-corrected chi connectivity index (χ3v) is 3.17. The highest BCUT2D eigenvalue weighted by Gasteiger charge is 2.12. The molecule has 0 amide bonds. The van der Waals surface area contributed by atoms with E-state index in [4.69, 9.17) is 17.3 Å². The smallest absolute Gasteiger partial charge is 0.173 e. The number of azo groups is 1. The number of aromatic nitrogens is 2. The molecule has 0 saturated heterocycles. The Hall–Kier alpha value is -2.66. The molecule has 2 aromatic carbocycles. The lowest BCUT2D eigenvalue weighted by atomic mass is 10.1. The summed E-state index contributed by atoms with van der Waals surface area (Å²) in [6.45, 7) is 0. The van der Waals surface area contributed by atoms with Crippen LogP contribution in [0.2, 0.25) is 5.02 Å². The third-order valence-electron chi connectivity index (χ3n) is 2.92. The summed E-state index contributed by atoms with van der Waals surface area (Å²) in [4.78, 5) is 0. The van der Waals surface area contributed by atoms with Gasteiger partial charge in [-0.05, 0) is 24.3 Å². The van der Waals surface area contributed by atoms with E-state index < -0.39 is 0 Å². The zero-order valence-corrected chi connectivity index (χ0v) is 11.7. The number of nitrogens with one attached hydrogen (secondary N) is 1. The summed E-state index contributed by atoms with van der Waals surface area (Å²) in [5, 5.41) is 15.9. The first-order valence-electron chi connectivity index (χ1n) is 6.30. The van der Waals surface area contributed by atoms with Gasteiger partial charge in [-0.1, -0.05) is 41.9 Å². The molecule has 3 aromatic rings. The van der Waals surface area contributed by atoms with Crippen molar-refractivity contribution in [2.75, 3.05) is 5.73 Å². The molecule has 104 valence electrons. The van der Waals surface area contributed by atoms with Crippen LogP contribution in [-0.2, 0) is 0 Å². The minimum Gasteiger partial charge on any atom is -0.380 e. The molecule has 0 atom stereocenters. The minimum absolute atomic E-state index is 0.305. The predicted octanol–water partition coefficient (Wildman–Crippen LogP) is 4.73. The molecule has 0 aliphatic rings. The van der Waals surface area contributed by atoms with Crippen molar-refractivity contribution >= 4 is 28.8 Å². The highest BCUT2D eigenvalue weighted by Crippen LogP contribution is 2.34. The molecule has 1 heterocycles. The Morgan fingerprint density at radius 2 is 1.67 bits per heavy atom. The van der Waals surface area contributed by atoms with Crippen LogP contribution in [0.4, 0.5) is 17.2 Å². The summed E-state index contributed by atoms with van der Waals surface area (Å²) < 4.78 is 0. The number of hydrogen-bond acceptors (Lipinski definition) is 4. The molecule has 0 aliphatic carbocycles. The number of anilines is 1. The van der Waals surface area contributed by atoms with Gasteiger partial charge in [0.15, 0.2) is 11.5 Å². The Labute approximate surface area is 126 Å². The van der Waals surface area contributed by atoms with Gasteiger partial charge in [-0.2, -0.15) is 10.2 Å². The maximum Gasteiger partial charge on any atom is 0.173 e. The fourth-order valence-corrected chi connectivity index (χ4v) is 2.00. The average Bonchev–Trinajstić information content (AvgIpc) is 2.88. The molecule has 0 radical (unpaired) electrons. The van der Waals surface area contributed by atoms with Crippen LogP contribution in [0.1, 0.15) is 0 Å². The molecule has 0 unspecified atom stereocenters. The van der Waals surface area contributed by atoms with E-state index in [1.54, 1.807) is 12.1 Å². The predicted molar refractivity (Wildman–Crippen MR) is 84.1 cm³/mol. The summed E-state index contributed by atoms with van der Waals surface area (Å²) in [7, 11) is 0. The van der Waals surface area contributed by atoms with Crippen LogP contribution in [0.15, 0.2) is 64.8 Å². The molecule has 6 heteroatoms. The van der Waals surface area contributed by atoms with E-state index in [9.17, 15) is 0 Å². The first-order chi connectivity index (χ1) is 10.2. The van der Waals surface area contributed by atoms with Crippen molar-refractivity contribution in [1.29, 1.82) is 0 Å². The molecular formula is C15H12ClN5. The van der Waals surface area contributed by atoms with E-state index in [-0.39, 0.29) is 0 Å². The molecular weight excluding hydrogens is 286 g/mol. The number of benzene rings is 2. The number of rotatable bonds is 3. The lowest BCUT2D eigenvalue weighted by Gasteiger charge is -1.99. The summed E-state index contributed by atoms with van der Waals surface area (Å²) in [6.07, 6.45) is 0.